The van der Waals surface area contributed by atoms with Gasteiger partial charge in [-0.25, -0.2) is 9.97 Å². The molecule has 2 aromatic rings. The maximum absolute atomic E-state index is 5.87. The highest BCUT2D eigenvalue weighted by Crippen LogP contribution is 2.24. The normalized spacial score (nSPS) is 10.2. The van der Waals surface area contributed by atoms with Crippen LogP contribution in [0.5, 0.6) is 0 Å². The van der Waals surface area contributed by atoms with E-state index < -0.39 is 0 Å². The molecular weight excluding hydrogens is 404 g/mol. The van der Waals surface area contributed by atoms with Crippen molar-refractivity contribution >= 4 is 61.8 Å². The molecule has 0 aliphatic carbocycles. The first-order valence-electron chi connectivity index (χ1n) is 4.35. The van der Waals surface area contributed by atoms with Crippen LogP contribution in [0, 0.1) is 3.57 Å². The topological polar surface area (TPSA) is 37.8 Å². The first-order chi connectivity index (χ1) is 7.65. The molecule has 0 amide bonds. The maximum atomic E-state index is 5.87. The van der Waals surface area contributed by atoms with Crippen molar-refractivity contribution in [2.75, 3.05) is 5.32 Å². The standard InChI is InChI=1S/C10H6BrClIN3/c11-6-4-14-10(15-5-6)16-9-2-1-7(12)3-8(9)13/h1-5H,(H,14,15,16). The van der Waals surface area contributed by atoms with Gasteiger partial charge in [0.15, 0.2) is 0 Å². The predicted molar refractivity (Wildman–Crippen MR) is 77.2 cm³/mol. The van der Waals surface area contributed by atoms with Crippen molar-refractivity contribution in [3.05, 3.63) is 43.7 Å². The van der Waals surface area contributed by atoms with E-state index in [4.69, 9.17) is 11.6 Å². The van der Waals surface area contributed by atoms with E-state index in [1.807, 2.05) is 18.2 Å². The fraction of sp³-hybridized carbons (Fsp3) is 0. The number of nitrogens with one attached hydrogen (secondary N) is 1. The fourth-order valence-electron chi connectivity index (χ4n) is 1.09. The maximum Gasteiger partial charge on any atom is 0.227 e. The van der Waals surface area contributed by atoms with Gasteiger partial charge in [0, 0.05) is 21.0 Å². The molecule has 0 unspecified atom stereocenters. The van der Waals surface area contributed by atoms with Crippen LogP contribution in [0.4, 0.5) is 11.6 Å². The minimum absolute atomic E-state index is 0.559. The third-order valence-electron chi connectivity index (χ3n) is 1.80. The number of nitrogens with zero attached hydrogens (tertiary/aromatic N) is 2. The molecule has 16 heavy (non-hydrogen) atoms. The van der Waals surface area contributed by atoms with Gasteiger partial charge in [0.1, 0.15) is 0 Å². The van der Waals surface area contributed by atoms with Crippen molar-refractivity contribution in [3.8, 4) is 0 Å². The summed E-state index contributed by atoms with van der Waals surface area (Å²) in [5.41, 5.74) is 0.937. The number of anilines is 2. The van der Waals surface area contributed by atoms with E-state index in [-0.39, 0.29) is 0 Å². The molecule has 1 N–H and O–H groups in total. The summed E-state index contributed by atoms with van der Waals surface area (Å²) in [5, 5.41) is 3.83. The molecule has 2 rings (SSSR count). The number of hydrogen-bond acceptors (Lipinski definition) is 3. The largest absolute Gasteiger partial charge is 0.323 e. The summed E-state index contributed by atoms with van der Waals surface area (Å²) in [7, 11) is 0. The molecule has 0 saturated carbocycles. The smallest absolute Gasteiger partial charge is 0.227 e. The highest BCUT2D eigenvalue weighted by molar-refractivity contribution is 14.1. The van der Waals surface area contributed by atoms with E-state index in [9.17, 15) is 0 Å². The van der Waals surface area contributed by atoms with Crippen LogP contribution < -0.4 is 5.32 Å². The molecule has 0 radical (unpaired) electrons. The average molecular weight is 410 g/mol. The third kappa shape index (κ3) is 3.05. The van der Waals surface area contributed by atoms with Crippen LogP contribution in [0.3, 0.4) is 0 Å². The lowest BCUT2D eigenvalue weighted by atomic mass is 10.3. The quantitative estimate of drug-likeness (QED) is 0.753. The SMILES string of the molecule is Clc1ccc(Nc2ncc(Br)cn2)c(I)c1. The van der Waals surface area contributed by atoms with Crippen LogP contribution in [0.15, 0.2) is 35.1 Å². The van der Waals surface area contributed by atoms with Gasteiger partial charge in [-0.1, -0.05) is 11.6 Å². The van der Waals surface area contributed by atoms with Crippen LogP contribution in [0.25, 0.3) is 0 Å². The Morgan fingerprint density at radius 1 is 1.25 bits per heavy atom. The summed E-state index contributed by atoms with van der Waals surface area (Å²) in [5.74, 6) is 0.559. The van der Waals surface area contributed by atoms with Crippen LogP contribution in [0.1, 0.15) is 0 Å². The molecule has 0 spiro atoms. The Morgan fingerprint density at radius 2 is 1.94 bits per heavy atom. The molecular formula is C10H6BrClIN3. The Hall–Kier alpha value is -0.400. The second-order valence-corrected chi connectivity index (χ2v) is 5.49. The zero-order valence-electron chi connectivity index (χ0n) is 7.92. The van der Waals surface area contributed by atoms with Gasteiger partial charge in [0.25, 0.3) is 0 Å². The van der Waals surface area contributed by atoms with E-state index in [2.05, 4.69) is 53.8 Å². The van der Waals surface area contributed by atoms with Gasteiger partial charge in [-0.3, -0.25) is 0 Å². The molecule has 1 aromatic carbocycles. The number of benzene rings is 1. The number of aromatic nitrogens is 2. The first kappa shape index (κ1) is 12.1. The van der Waals surface area contributed by atoms with Gasteiger partial charge in [0.05, 0.1) is 10.2 Å². The van der Waals surface area contributed by atoms with E-state index >= 15 is 0 Å². The van der Waals surface area contributed by atoms with Crippen molar-refractivity contribution < 1.29 is 0 Å². The summed E-state index contributed by atoms with van der Waals surface area (Å²) in [6.45, 7) is 0. The van der Waals surface area contributed by atoms with Crippen molar-refractivity contribution in [1.82, 2.24) is 9.97 Å². The Bertz CT molecular complexity index is 504. The second-order valence-electron chi connectivity index (χ2n) is 2.97. The van der Waals surface area contributed by atoms with Crippen molar-refractivity contribution in [3.63, 3.8) is 0 Å². The van der Waals surface area contributed by atoms with E-state index in [0.29, 0.717) is 11.0 Å². The second kappa shape index (κ2) is 5.29. The molecule has 0 bridgehead atoms. The predicted octanol–water partition coefficient (Wildman–Crippen LogP) is 4.24. The number of hydrogen-bond donors (Lipinski definition) is 1. The zero-order chi connectivity index (χ0) is 11.5. The monoisotopic (exact) mass is 409 g/mol. The molecule has 1 heterocycles. The van der Waals surface area contributed by atoms with Crippen LogP contribution in [-0.4, -0.2) is 9.97 Å². The lowest BCUT2D eigenvalue weighted by Gasteiger charge is -2.06. The van der Waals surface area contributed by atoms with Crippen molar-refractivity contribution in [2.24, 2.45) is 0 Å². The summed E-state index contributed by atoms with van der Waals surface area (Å²) in [4.78, 5) is 8.26. The fourth-order valence-corrected chi connectivity index (χ4v) is 2.30. The molecule has 82 valence electrons. The highest BCUT2D eigenvalue weighted by atomic mass is 127. The highest BCUT2D eigenvalue weighted by Gasteiger charge is 2.02. The first-order valence-corrected chi connectivity index (χ1v) is 6.60. The summed E-state index contributed by atoms with van der Waals surface area (Å²) in [6.07, 6.45) is 3.39. The van der Waals surface area contributed by atoms with Crippen LogP contribution in [-0.2, 0) is 0 Å². The molecule has 0 aliphatic heterocycles. The molecule has 6 heteroatoms. The third-order valence-corrected chi connectivity index (χ3v) is 3.34. The summed E-state index contributed by atoms with van der Waals surface area (Å²) < 4.78 is 1.88. The molecule has 0 atom stereocenters. The molecule has 0 fully saturated rings. The zero-order valence-corrected chi connectivity index (χ0v) is 12.4. The van der Waals surface area contributed by atoms with Crippen LogP contribution >= 0.6 is 50.1 Å². The van der Waals surface area contributed by atoms with Gasteiger partial charge >= 0.3 is 0 Å². The number of halogens is 3. The Balaban J connectivity index is 2.23. The minimum atomic E-state index is 0.559. The Kier molecular flexibility index (Phi) is 3.99. The average Bonchev–Trinajstić information content (AvgIpc) is 2.25. The lowest BCUT2D eigenvalue weighted by Crippen LogP contribution is -1.97. The lowest BCUT2D eigenvalue weighted by molar-refractivity contribution is 1.15. The van der Waals surface area contributed by atoms with Crippen LogP contribution in [0.2, 0.25) is 5.02 Å². The summed E-state index contributed by atoms with van der Waals surface area (Å²) in [6, 6.07) is 5.60. The van der Waals surface area contributed by atoms with E-state index in [1.165, 1.54) is 0 Å². The number of rotatable bonds is 2. The van der Waals surface area contributed by atoms with Gasteiger partial charge in [-0.05, 0) is 56.7 Å². The van der Waals surface area contributed by atoms with E-state index in [1.54, 1.807) is 12.4 Å². The van der Waals surface area contributed by atoms with Gasteiger partial charge in [-0.15, -0.1) is 0 Å². The van der Waals surface area contributed by atoms with Gasteiger partial charge in [0.2, 0.25) is 5.95 Å². The molecule has 0 aliphatic rings. The summed E-state index contributed by atoms with van der Waals surface area (Å²) >= 11 is 11.4. The van der Waals surface area contributed by atoms with E-state index in [0.717, 1.165) is 13.7 Å². The minimum Gasteiger partial charge on any atom is -0.323 e. The molecule has 3 nitrogen and oxygen atoms in total. The van der Waals surface area contributed by atoms with Crippen molar-refractivity contribution in [1.29, 1.82) is 0 Å². The van der Waals surface area contributed by atoms with Gasteiger partial charge < -0.3 is 5.32 Å². The van der Waals surface area contributed by atoms with Gasteiger partial charge in [-0.2, -0.15) is 0 Å². The molecule has 0 saturated heterocycles. The Labute approximate surface area is 120 Å². The Morgan fingerprint density at radius 3 is 2.56 bits per heavy atom. The van der Waals surface area contributed by atoms with Crippen molar-refractivity contribution in [2.45, 2.75) is 0 Å². The molecule has 1 aromatic heterocycles.